The Kier molecular flexibility index (Phi) is 9.15. The summed E-state index contributed by atoms with van der Waals surface area (Å²) < 4.78 is 0. The van der Waals surface area contributed by atoms with Gasteiger partial charge in [-0.1, -0.05) is 6.92 Å². The zero-order valence-corrected chi connectivity index (χ0v) is 8.59. The lowest BCUT2D eigenvalue weighted by Gasteiger charge is -2.29. The van der Waals surface area contributed by atoms with Crippen molar-refractivity contribution in [1.29, 1.82) is 0 Å². The van der Waals surface area contributed by atoms with Crippen LogP contribution in [0.2, 0.25) is 0 Å². The molecule has 0 aromatic heterocycles. The lowest BCUT2D eigenvalue weighted by atomic mass is 10.1. The van der Waals surface area contributed by atoms with Crippen molar-refractivity contribution in [2.24, 2.45) is 5.73 Å². The van der Waals surface area contributed by atoms with Crippen LogP contribution < -0.4 is 5.73 Å². The minimum absolute atomic E-state index is 0. The van der Waals surface area contributed by atoms with Gasteiger partial charge in [0, 0.05) is 12.6 Å². The fourth-order valence-electron chi connectivity index (χ4n) is 1.38. The van der Waals surface area contributed by atoms with Crippen LogP contribution in [0, 0.1) is 0 Å². The van der Waals surface area contributed by atoms with E-state index in [2.05, 4.69) is 11.8 Å². The lowest BCUT2D eigenvalue weighted by Crippen LogP contribution is -2.42. The van der Waals surface area contributed by atoms with Crippen LogP contribution in [0.25, 0.3) is 0 Å². The van der Waals surface area contributed by atoms with Crippen molar-refractivity contribution in [3.8, 4) is 0 Å². The van der Waals surface area contributed by atoms with Crippen molar-refractivity contribution < 1.29 is 0 Å². The van der Waals surface area contributed by atoms with Crippen LogP contribution in [0.3, 0.4) is 0 Å². The van der Waals surface area contributed by atoms with Crippen LogP contribution in [0.15, 0.2) is 0 Å². The number of piperidine rings is 1. The third-order valence-electron chi connectivity index (χ3n) is 1.99. The number of likely N-dealkylation sites (tertiary alicyclic amines) is 1. The largest absolute Gasteiger partial charge is 0.327 e. The first-order valence-electron chi connectivity index (χ1n) is 3.81. The Morgan fingerprint density at radius 2 is 2.09 bits per heavy atom. The number of nitrogens with two attached hydrogens (primary N) is 1. The van der Waals surface area contributed by atoms with Crippen molar-refractivity contribution in [3.05, 3.63) is 0 Å². The summed E-state index contributed by atoms with van der Waals surface area (Å²) in [7, 11) is 0. The average molecular weight is 201 g/mol. The predicted molar refractivity (Wildman–Crippen MR) is 53.8 cm³/mol. The summed E-state index contributed by atoms with van der Waals surface area (Å²) in [6, 6.07) is 0.443. The zero-order chi connectivity index (χ0) is 6.69. The van der Waals surface area contributed by atoms with E-state index >= 15 is 0 Å². The summed E-state index contributed by atoms with van der Waals surface area (Å²) >= 11 is 0. The van der Waals surface area contributed by atoms with Gasteiger partial charge in [0.2, 0.25) is 0 Å². The first-order chi connectivity index (χ1) is 4.33. The molecule has 11 heavy (non-hydrogen) atoms. The summed E-state index contributed by atoms with van der Waals surface area (Å²) in [6.07, 6.45) is 2.51. The SMILES string of the molecule is CCN1CCC[C@@H](N)C1.Cl.Cl. The van der Waals surface area contributed by atoms with Crippen LogP contribution in [-0.2, 0) is 0 Å². The van der Waals surface area contributed by atoms with Gasteiger partial charge in [-0.2, -0.15) is 0 Å². The zero-order valence-electron chi connectivity index (χ0n) is 6.95. The second-order valence-electron chi connectivity index (χ2n) is 2.80. The van der Waals surface area contributed by atoms with E-state index in [0.717, 1.165) is 13.1 Å². The highest BCUT2D eigenvalue weighted by Gasteiger charge is 2.13. The van der Waals surface area contributed by atoms with Crippen LogP contribution in [0.1, 0.15) is 19.8 Å². The molecule has 2 N–H and O–H groups in total. The Morgan fingerprint density at radius 3 is 2.45 bits per heavy atom. The van der Waals surface area contributed by atoms with Crippen LogP contribution in [-0.4, -0.2) is 30.6 Å². The van der Waals surface area contributed by atoms with Gasteiger partial charge in [-0.25, -0.2) is 0 Å². The number of hydrogen-bond acceptors (Lipinski definition) is 2. The molecule has 1 aliphatic heterocycles. The number of likely N-dealkylation sites (N-methyl/N-ethyl adjacent to an activating group) is 1. The van der Waals surface area contributed by atoms with E-state index in [1.807, 2.05) is 0 Å². The molecular formula is C7H18Cl2N2. The van der Waals surface area contributed by atoms with E-state index in [1.165, 1.54) is 19.4 Å². The molecule has 1 atom stereocenters. The molecule has 0 bridgehead atoms. The molecule has 70 valence electrons. The first-order valence-corrected chi connectivity index (χ1v) is 3.81. The van der Waals surface area contributed by atoms with E-state index in [0.29, 0.717) is 6.04 Å². The lowest BCUT2D eigenvalue weighted by molar-refractivity contribution is 0.219. The second-order valence-corrected chi connectivity index (χ2v) is 2.80. The van der Waals surface area contributed by atoms with E-state index in [4.69, 9.17) is 5.73 Å². The Balaban J connectivity index is 0. The summed E-state index contributed by atoms with van der Waals surface area (Å²) in [5, 5.41) is 0. The predicted octanol–water partition coefficient (Wildman–Crippen LogP) is 1.27. The number of rotatable bonds is 1. The van der Waals surface area contributed by atoms with Crippen molar-refractivity contribution in [2.75, 3.05) is 19.6 Å². The van der Waals surface area contributed by atoms with Crippen molar-refractivity contribution in [2.45, 2.75) is 25.8 Å². The maximum absolute atomic E-state index is 5.76. The molecule has 1 aliphatic rings. The molecule has 0 amide bonds. The Morgan fingerprint density at radius 1 is 1.45 bits per heavy atom. The van der Waals surface area contributed by atoms with Gasteiger partial charge < -0.3 is 10.6 Å². The maximum atomic E-state index is 5.76. The normalized spacial score (nSPS) is 25.1. The van der Waals surface area contributed by atoms with Crippen LogP contribution in [0.4, 0.5) is 0 Å². The summed E-state index contributed by atoms with van der Waals surface area (Å²) in [5.41, 5.74) is 5.76. The monoisotopic (exact) mass is 200 g/mol. The number of nitrogens with zero attached hydrogens (tertiary/aromatic N) is 1. The molecule has 1 heterocycles. The van der Waals surface area contributed by atoms with Crippen LogP contribution >= 0.6 is 24.8 Å². The van der Waals surface area contributed by atoms with Gasteiger partial charge in [-0.15, -0.1) is 24.8 Å². The minimum Gasteiger partial charge on any atom is -0.327 e. The molecule has 0 aromatic rings. The van der Waals surface area contributed by atoms with Crippen LogP contribution in [0.5, 0.6) is 0 Å². The van der Waals surface area contributed by atoms with Crippen molar-refractivity contribution >= 4 is 24.8 Å². The highest BCUT2D eigenvalue weighted by atomic mass is 35.5. The van der Waals surface area contributed by atoms with E-state index < -0.39 is 0 Å². The summed E-state index contributed by atoms with van der Waals surface area (Å²) in [4.78, 5) is 2.41. The van der Waals surface area contributed by atoms with Gasteiger partial charge in [0.25, 0.3) is 0 Å². The molecule has 1 saturated heterocycles. The maximum Gasteiger partial charge on any atom is 0.0168 e. The molecule has 4 heteroatoms. The molecule has 2 nitrogen and oxygen atoms in total. The van der Waals surface area contributed by atoms with E-state index in [-0.39, 0.29) is 24.8 Å². The van der Waals surface area contributed by atoms with Gasteiger partial charge >= 0.3 is 0 Å². The Bertz CT molecular complexity index is 90.5. The van der Waals surface area contributed by atoms with Crippen molar-refractivity contribution in [1.82, 2.24) is 4.90 Å². The molecule has 0 radical (unpaired) electrons. The average Bonchev–Trinajstić information content (AvgIpc) is 1.88. The van der Waals surface area contributed by atoms with E-state index in [9.17, 15) is 0 Å². The molecular weight excluding hydrogens is 183 g/mol. The molecule has 0 saturated carbocycles. The fraction of sp³-hybridized carbons (Fsp3) is 1.00. The van der Waals surface area contributed by atoms with Crippen molar-refractivity contribution in [3.63, 3.8) is 0 Å². The third kappa shape index (κ3) is 4.86. The van der Waals surface area contributed by atoms with E-state index in [1.54, 1.807) is 0 Å². The molecule has 0 spiro atoms. The second kappa shape index (κ2) is 7.17. The smallest absolute Gasteiger partial charge is 0.0168 e. The Labute approximate surface area is 81.3 Å². The summed E-state index contributed by atoms with van der Waals surface area (Å²) in [6.45, 7) is 5.71. The standard InChI is InChI=1S/C7H16N2.2ClH/c1-2-9-5-3-4-7(8)6-9;;/h7H,2-6,8H2,1H3;2*1H/t7-;;/m1../s1. The highest BCUT2D eigenvalue weighted by molar-refractivity contribution is 5.85. The third-order valence-corrected chi connectivity index (χ3v) is 1.99. The number of hydrogen-bond donors (Lipinski definition) is 1. The highest BCUT2D eigenvalue weighted by Crippen LogP contribution is 2.06. The topological polar surface area (TPSA) is 29.3 Å². The molecule has 0 unspecified atom stereocenters. The van der Waals surface area contributed by atoms with Gasteiger partial charge in [0.1, 0.15) is 0 Å². The molecule has 1 rings (SSSR count). The fourth-order valence-corrected chi connectivity index (χ4v) is 1.38. The van der Waals surface area contributed by atoms with Gasteiger partial charge in [-0.3, -0.25) is 0 Å². The molecule has 0 aromatic carbocycles. The Hall–Kier alpha value is 0.500. The van der Waals surface area contributed by atoms with Gasteiger partial charge in [-0.05, 0) is 25.9 Å². The summed E-state index contributed by atoms with van der Waals surface area (Å²) in [5.74, 6) is 0. The molecule has 0 aliphatic carbocycles. The molecule has 1 fully saturated rings. The first kappa shape index (κ1) is 14.0. The quantitative estimate of drug-likeness (QED) is 0.692. The number of halogens is 2. The minimum atomic E-state index is 0. The van der Waals surface area contributed by atoms with Gasteiger partial charge in [0.05, 0.1) is 0 Å². The van der Waals surface area contributed by atoms with Gasteiger partial charge in [0.15, 0.2) is 0 Å².